The predicted octanol–water partition coefficient (Wildman–Crippen LogP) is 1.38. The lowest BCUT2D eigenvalue weighted by Gasteiger charge is -2.20. The van der Waals surface area contributed by atoms with Gasteiger partial charge >= 0.3 is 0 Å². The molecule has 0 bridgehead atoms. The maximum absolute atomic E-state index is 11.8. The van der Waals surface area contributed by atoms with E-state index in [2.05, 4.69) is 46.9 Å². The van der Waals surface area contributed by atoms with Crippen LogP contribution in [0.5, 0.6) is 0 Å². The maximum atomic E-state index is 11.8. The van der Waals surface area contributed by atoms with Crippen molar-refractivity contribution in [2.24, 2.45) is 0 Å². The Hall–Kier alpha value is -2.28. The molecule has 1 amide bonds. The van der Waals surface area contributed by atoms with Gasteiger partial charge < -0.3 is 10.6 Å². The molecule has 0 aliphatic rings. The summed E-state index contributed by atoms with van der Waals surface area (Å²) in [5, 5.41) is 17.1. The summed E-state index contributed by atoms with van der Waals surface area (Å²) in [6.07, 6.45) is 1.96. The summed E-state index contributed by atoms with van der Waals surface area (Å²) in [6.45, 7) is 6.87. The molecule has 0 atom stereocenters. The van der Waals surface area contributed by atoms with Crippen LogP contribution < -0.4 is 10.6 Å². The molecular formula is C14H20N6O. The molecule has 2 aromatic rings. The molecule has 1 heterocycles. The second kappa shape index (κ2) is 6.45. The molecule has 7 heteroatoms. The number of nitrogens with one attached hydrogen (secondary N) is 2. The lowest BCUT2D eigenvalue weighted by Crippen LogP contribution is -2.37. The average molecular weight is 288 g/mol. The molecule has 0 aliphatic carbocycles. The van der Waals surface area contributed by atoms with Crippen LogP contribution in [0.1, 0.15) is 27.2 Å². The lowest BCUT2D eigenvalue weighted by atomic mass is 10.1. The van der Waals surface area contributed by atoms with Gasteiger partial charge in [-0.05, 0) is 55.5 Å². The Balaban J connectivity index is 1.84. The standard InChI is InChI=1S/C14H20N6O/c1-14(2,3)15-9-8-13(21)17-11-4-6-12(7-5-11)20-10-16-18-19-20/h4-7,10,15H,8-9H2,1-3H3,(H,17,21). The van der Waals surface area contributed by atoms with Crippen LogP contribution in [0.15, 0.2) is 30.6 Å². The van der Waals surface area contributed by atoms with Gasteiger partial charge in [0.1, 0.15) is 6.33 Å². The molecule has 2 rings (SSSR count). The van der Waals surface area contributed by atoms with Gasteiger partial charge in [0.2, 0.25) is 5.91 Å². The van der Waals surface area contributed by atoms with E-state index >= 15 is 0 Å². The quantitative estimate of drug-likeness (QED) is 0.868. The highest BCUT2D eigenvalue weighted by molar-refractivity contribution is 5.90. The zero-order valence-electron chi connectivity index (χ0n) is 12.5. The van der Waals surface area contributed by atoms with E-state index in [1.54, 1.807) is 4.68 Å². The molecule has 0 saturated heterocycles. The summed E-state index contributed by atoms with van der Waals surface area (Å²) in [5.74, 6) is -0.0121. The molecule has 0 radical (unpaired) electrons. The molecule has 0 fully saturated rings. The van der Waals surface area contributed by atoms with Crippen molar-refractivity contribution in [3.05, 3.63) is 30.6 Å². The number of tetrazole rings is 1. The molecule has 0 spiro atoms. The summed E-state index contributed by atoms with van der Waals surface area (Å²) < 4.78 is 1.55. The highest BCUT2D eigenvalue weighted by atomic mass is 16.1. The molecule has 1 aromatic carbocycles. The number of amides is 1. The van der Waals surface area contributed by atoms with Crippen LogP contribution in [-0.2, 0) is 4.79 Å². The highest BCUT2D eigenvalue weighted by Crippen LogP contribution is 2.12. The molecule has 0 saturated carbocycles. The summed E-state index contributed by atoms with van der Waals surface area (Å²) in [4.78, 5) is 11.8. The van der Waals surface area contributed by atoms with Crippen molar-refractivity contribution in [1.29, 1.82) is 0 Å². The van der Waals surface area contributed by atoms with Gasteiger partial charge in [0.05, 0.1) is 5.69 Å². The number of rotatable bonds is 5. The topological polar surface area (TPSA) is 84.7 Å². The summed E-state index contributed by atoms with van der Waals surface area (Å²) in [6, 6.07) is 7.34. The van der Waals surface area contributed by atoms with Crippen molar-refractivity contribution in [1.82, 2.24) is 25.5 Å². The SMILES string of the molecule is CC(C)(C)NCCC(=O)Nc1ccc(-n2cnnn2)cc1. The van der Waals surface area contributed by atoms with E-state index in [1.165, 1.54) is 6.33 Å². The molecule has 21 heavy (non-hydrogen) atoms. The summed E-state index contributed by atoms with van der Waals surface area (Å²) >= 11 is 0. The third-order valence-corrected chi connectivity index (χ3v) is 2.77. The molecule has 7 nitrogen and oxygen atoms in total. The third kappa shape index (κ3) is 4.96. The molecule has 112 valence electrons. The number of anilines is 1. The fraction of sp³-hybridized carbons (Fsp3) is 0.429. The fourth-order valence-corrected chi connectivity index (χ4v) is 1.75. The largest absolute Gasteiger partial charge is 0.326 e. The zero-order chi connectivity index (χ0) is 15.3. The number of benzene rings is 1. The van der Waals surface area contributed by atoms with Crippen molar-refractivity contribution in [3.63, 3.8) is 0 Å². The van der Waals surface area contributed by atoms with E-state index < -0.39 is 0 Å². The minimum atomic E-state index is -0.0121. The minimum absolute atomic E-state index is 0.0121. The minimum Gasteiger partial charge on any atom is -0.326 e. The monoisotopic (exact) mass is 288 g/mol. The third-order valence-electron chi connectivity index (χ3n) is 2.77. The Morgan fingerprint density at radius 3 is 2.52 bits per heavy atom. The van der Waals surface area contributed by atoms with Crippen LogP contribution in [0, 0.1) is 0 Å². The fourth-order valence-electron chi connectivity index (χ4n) is 1.75. The van der Waals surface area contributed by atoms with E-state index in [-0.39, 0.29) is 11.4 Å². The van der Waals surface area contributed by atoms with Crippen molar-refractivity contribution < 1.29 is 4.79 Å². The molecule has 0 aliphatic heterocycles. The number of nitrogens with zero attached hydrogens (tertiary/aromatic N) is 4. The first-order valence-electron chi connectivity index (χ1n) is 6.82. The van der Waals surface area contributed by atoms with Gasteiger partial charge in [-0.3, -0.25) is 4.79 Å². The Morgan fingerprint density at radius 2 is 1.95 bits per heavy atom. The predicted molar refractivity (Wildman–Crippen MR) is 80.2 cm³/mol. The van der Waals surface area contributed by atoms with Gasteiger partial charge in [-0.2, -0.15) is 0 Å². The Labute approximate surface area is 123 Å². The number of carbonyl (C=O) groups is 1. The summed E-state index contributed by atoms with van der Waals surface area (Å²) in [7, 11) is 0. The normalized spacial score (nSPS) is 11.4. The zero-order valence-corrected chi connectivity index (χ0v) is 12.5. The first-order chi connectivity index (χ1) is 9.94. The number of carbonyl (C=O) groups excluding carboxylic acids is 1. The van der Waals surface area contributed by atoms with E-state index in [1.807, 2.05) is 24.3 Å². The Bertz CT molecular complexity index is 571. The van der Waals surface area contributed by atoms with Gasteiger partial charge in [-0.15, -0.1) is 5.10 Å². The van der Waals surface area contributed by atoms with Crippen LogP contribution in [0.25, 0.3) is 5.69 Å². The van der Waals surface area contributed by atoms with Crippen LogP contribution >= 0.6 is 0 Å². The Morgan fingerprint density at radius 1 is 1.24 bits per heavy atom. The van der Waals surface area contributed by atoms with Gasteiger partial charge in [0.15, 0.2) is 0 Å². The van der Waals surface area contributed by atoms with Crippen molar-refractivity contribution in [2.45, 2.75) is 32.7 Å². The highest BCUT2D eigenvalue weighted by Gasteiger charge is 2.09. The number of hydrogen-bond donors (Lipinski definition) is 2. The van der Waals surface area contributed by atoms with Crippen LogP contribution in [0.3, 0.4) is 0 Å². The first-order valence-corrected chi connectivity index (χ1v) is 6.82. The lowest BCUT2D eigenvalue weighted by molar-refractivity contribution is -0.116. The summed E-state index contributed by atoms with van der Waals surface area (Å²) in [5.41, 5.74) is 1.62. The average Bonchev–Trinajstić information content (AvgIpc) is 2.92. The van der Waals surface area contributed by atoms with Gasteiger partial charge in [0.25, 0.3) is 0 Å². The first kappa shape index (κ1) is 15.1. The molecule has 0 unspecified atom stereocenters. The smallest absolute Gasteiger partial charge is 0.225 e. The maximum Gasteiger partial charge on any atom is 0.225 e. The van der Waals surface area contributed by atoms with E-state index in [9.17, 15) is 4.79 Å². The molecular weight excluding hydrogens is 268 g/mol. The van der Waals surface area contributed by atoms with Crippen molar-refractivity contribution >= 4 is 11.6 Å². The van der Waals surface area contributed by atoms with E-state index in [4.69, 9.17) is 0 Å². The van der Waals surface area contributed by atoms with E-state index in [0.717, 1.165) is 11.4 Å². The van der Waals surface area contributed by atoms with Gasteiger partial charge in [0, 0.05) is 24.2 Å². The van der Waals surface area contributed by atoms with Crippen LogP contribution in [0.4, 0.5) is 5.69 Å². The number of aromatic nitrogens is 4. The number of hydrogen-bond acceptors (Lipinski definition) is 5. The van der Waals surface area contributed by atoms with Crippen molar-refractivity contribution in [3.8, 4) is 5.69 Å². The molecule has 2 N–H and O–H groups in total. The Kier molecular flexibility index (Phi) is 4.64. The van der Waals surface area contributed by atoms with Crippen molar-refractivity contribution in [2.75, 3.05) is 11.9 Å². The van der Waals surface area contributed by atoms with E-state index in [0.29, 0.717) is 13.0 Å². The van der Waals surface area contributed by atoms with Crippen LogP contribution in [-0.4, -0.2) is 38.2 Å². The van der Waals surface area contributed by atoms with Gasteiger partial charge in [-0.1, -0.05) is 0 Å². The second-order valence-electron chi connectivity index (χ2n) is 5.78. The van der Waals surface area contributed by atoms with Gasteiger partial charge in [-0.25, -0.2) is 4.68 Å². The molecule has 1 aromatic heterocycles. The van der Waals surface area contributed by atoms with Crippen LogP contribution in [0.2, 0.25) is 0 Å². The second-order valence-corrected chi connectivity index (χ2v) is 5.78.